The minimum absolute atomic E-state index is 0.167. The average Bonchev–Trinajstić information content (AvgIpc) is 1.62. The molecule has 0 aliphatic carbocycles. The molecule has 0 aliphatic heterocycles. The summed E-state index contributed by atoms with van der Waals surface area (Å²) in [6.45, 7) is 6.20. The first-order valence-corrected chi connectivity index (χ1v) is 3.16. The van der Waals surface area contributed by atoms with Gasteiger partial charge in [-0.25, -0.2) is 0 Å². The van der Waals surface area contributed by atoms with Gasteiger partial charge in [0.1, 0.15) is 6.29 Å². The lowest BCUT2D eigenvalue weighted by molar-refractivity contribution is -0.109. The van der Waals surface area contributed by atoms with E-state index in [0.717, 1.165) is 12.7 Å². The van der Waals surface area contributed by atoms with E-state index in [1.54, 1.807) is 0 Å². The van der Waals surface area contributed by atoms with Gasteiger partial charge in [0.2, 0.25) is 0 Å². The Bertz CT molecular complexity index is 93.6. The van der Waals surface area contributed by atoms with Crippen molar-refractivity contribution in [3.05, 3.63) is 0 Å². The fourth-order valence-corrected chi connectivity index (χ4v) is 0.755. The predicted molar refractivity (Wildman–Crippen MR) is 38.1 cm³/mol. The van der Waals surface area contributed by atoms with Crippen molar-refractivity contribution in [1.82, 2.24) is 0 Å². The second-order valence-electron chi connectivity index (χ2n) is 3.56. The molecule has 0 amide bonds. The summed E-state index contributed by atoms with van der Waals surface area (Å²) in [5.74, 6) is 0. The van der Waals surface area contributed by atoms with Crippen LogP contribution < -0.4 is 5.73 Å². The molecular formula is C7H15NO. The van der Waals surface area contributed by atoms with Gasteiger partial charge in [0.25, 0.3) is 0 Å². The Morgan fingerprint density at radius 1 is 1.56 bits per heavy atom. The Morgan fingerprint density at radius 3 is 2.11 bits per heavy atom. The summed E-state index contributed by atoms with van der Waals surface area (Å²) in [5.41, 5.74) is 5.56. The van der Waals surface area contributed by atoms with E-state index in [4.69, 9.17) is 5.73 Å². The number of hydrogen-bond donors (Lipinski definition) is 1. The SMILES string of the molecule is CC(C)(C)C[C@@H](N)C=O. The van der Waals surface area contributed by atoms with Gasteiger partial charge >= 0.3 is 0 Å². The van der Waals surface area contributed by atoms with Crippen LogP contribution in [0, 0.1) is 5.41 Å². The fourth-order valence-electron chi connectivity index (χ4n) is 0.755. The summed E-state index contributed by atoms with van der Waals surface area (Å²) in [6.07, 6.45) is 1.56. The van der Waals surface area contributed by atoms with Crippen LogP contribution in [0.5, 0.6) is 0 Å². The highest BCUT2D eigenvalue weighted by molar-refractivity contribution is 5.56. The second kappa shape index (κ2) is 2.97. The third-order valence-corrected chi connectivity index (χ3v) is 1.02. The van der Waals surface area contributed by atoms with Crippen molar-refractivity contribution < 1.29 is 4.79 Å². The molecule has 0 rings (SSSR count). The Balaban J connectivity index is 3.59. The third kappa shape index (κ3) is 5.50. The summed E-state index contributed by atoms with van der Waals surface area (Å²) in [4.78, 5) is 10.1. The average molecular weight is 129 g/mol. The van der Waals surface area contributed by atoms with Crippen LogP contribution in [0.2, 0.25) is 0 Å². The molecule has 0 saturated heterocycles. The molecule has 0 aromatic heterocycles. The van der Waals surface area contributed by atoms with Crippen LogP contribution in [0.25, 0.3) is 0 Å². The second-order valence-corrected chi connectivity index (χ2v) is 3.56. The molecule has 0 radical (unpaired) electrons. The van der Waals surface area contributed by atoms with Crippen molar-refractivity contribution in [1.29, 1.82) is 0 Å². The van der Waals surface area contributed by atoms with E-state index in [2.05, 4.69) is 20.8 Å². The molecule has 9 heavy (non-hydrogen) atoms. The standard InChI is InChI=1S/C7H15NO/c1-7(2,3)4-6(8)5-9/h5-6H,4,8H2,1-3H3/t6-/m1/s1. The number of hydrogen-bond acceptors (Lipinski definition) is 2. The van der Waals surface area contributed by atoms with E-state index in [-0.39, 0.29) is 11.5 Å². The molecule has 0 heterocycles. The molecule has 0 saturated carbocycles. The summed E-state index contributed by atoms with van der Waals surface area (Å²) in [6, 6.07) is -0.287. The lowest BCUT2D eigenvalue weighted by Gasteiger charge is -2.19. The largest absolute Gasteiger partial charge is 0.322 e. The molecule has 2 N–H and O–H groups in total. The van der Waals surface area contributed by atoms with Crippen molar-refractivity contribution in [3.63, 3.8) is 0 Å². The van der Waals surface area contributed by atoms with E-state index in [9.17, 15) is 4.79 Å². The van der Waals surface area contributed by atoms with Crippen LogP contribution in [0.3, 0.4) is 0 Å². The molecule has 1 atom stereocenters. The summed E-state index contributed by atoms with van der Waals surface area (Å²) < 4.78 is 0. The van der Waals surface area contributed by atoms with E-state index in [1.165, 1.54) is 0 Å². The van der Waals surface area contributed by atoms with Crippen LogP contribution >= 0.6 is 0 Å². The lowest BCUT2D eigenvalue weighted by atomic mass is 9.89. The quantitative estimate of drug-likeness (QED) is 0.564. The van der Waals surface area contributed by atoms with Crippen LogP contribution in [-0.4, -0.2) is 12.3 Å². The number of nitrogens with two attached hydrogens (primary N) is 1. The van der Waals surface area contributed by atoms with Gasteiger partial charge in [0, 0.05) is 0 Å². The van der Waals surface area contributed by atoms with Gasteiger partial charge in [0.05, 0.1) is 6.04 Å². The van der Waals surface area contributed by atoms with Gasteiger partial charge in [-0.15, -0.1) is 0 Å². The Labute approximate surface area is 56.4 Å². The van der Waals surface area contributed by atoms with Crippen molar-refractivity contribution in [2.75, 3.05) is 0 Å². The third-order valence-electron chi connectivity index (χ3n) is 1.02. The molecule has 0 spiro atoms. The zero-order chi connectivity index (χ0) is 7.49. The van der Waals surface area contributed by atoms with Crippen molar-refractivity contribution in [3.8, 4) is 0 Å². The van der Waals surface area contributed by atoms with Crippen LogP contribution in [0.4, 0.5) is 0 Å². The smallest absolute Gasteiger partial charge is 0.136 e. The van der Waals surface area contributed by atoms with Gasteiger partial charge in [0.15, 0.2) is 0 Å². The van der Waals surface area contributed by atoms with E-state index < -0.39 is 0 Å². The minimum atomic E-state index is -0.287. The molecule has 0 unspecified atom stereocenters. The maximum atomic E-state index is 10.1. The normalized spacial score (nSPS) is 15.1. The van der Waals surface area contributed by atoms with Gasteiger partial charge in [-0.3, -0.25) is 0 Å². The van der Waals surface area contributed by atoms with E-state index in [1.807, 2.05) is 0 Å². The lowest BCUT2D eigenvalue weighted by Crippen LogP contribution is -2.27. The fraction of sp³-hybridized carbons (Fsp3) is 0.857. The van der Waals surface area contributed by atoms with E-state index in [0.29, 0.717) is 0 Å². The first kappa shape index (κ1) is 8.63. The molecule has 2 heteroatoms. The maximum absolute atomic E-state index is 10.1. The zero-order valence-corrected chi connectivity index (χ0v) is 6.35. The Morgan fingerprint density at radius 2 is 2.00 bits per heavy atom. The van der Waals surface area contributed by atoms with E-state index >= 15 is 0 Å². The molecule has 0 aromatic carbocycles. The number of aldehydes is 1. The highest BCUT2D eigenvalue weighted by Crippen LogP contribution is 2.18. The highest BCUT2D eigenvalue weighted by atomic mass is 16.1. The van der Waals surface area contributed by atoms with Crippen molar-refractivity contribution >= 4 is 6.29 Å². The topological polar surface area (TPSA) is 43.1 Å². The van der Waals surface area contributed by atoms with Crippen molar-refractivity contribution in [2.45, 2.75) is 33.2 Å². The Kier molecular flexibility index (Phi) is 2.85. The minimum Gasteiger partial charge on any atom is -0.322 e. The molecular weight excluding hydrogens is 114 g/mol. The van der Waals surface area contributed by atoms with Crippen molar-refractivity contribution in [2.24, 2.45) is 11.1 Å². The molecule has 2 nitrogen and oxygen atoms in total. The number of rotatable bonds is 2. The summed E-state index contributed by atoms with van der Waals surface area (Å²) in [7, 11) is 0. The van der Waals surface area contributed by atoms with Gasteiger partial charge in [-0.2, -0.15) is 0 Å². The summed E-state index contributed by atoms with van der Waals surface area (Å²) >= 11 is 0. The zero-order valence-electron chi connectivity index (χ0n) is 6.35. The summed E-state index contributed by atoms with van der Waals surface area (Å²) in [5, 5.41) is 0. The number of carbonyl (C=O) groups excluding carboxylic acids is 1. The molecule has 0 aliphatic rings. The molecule has 0 aromatic rings. The van der Waals surface area contributed by atoms with Gasteiger partial charge < -0.3 is 10.5 Å². The first-order chi connectivity index (χ1) is 3.95. The molecule has 0 fully saturated rings. The predicted octanol–water partition coefficient (Wildman–Crippen LogP) is 0.949. The van der Waals surface area contributed by atoms with Crippen LogP contribution in [0.1, 0.15) is 27.2 Å². The van der Waals surface area contributed by atoms with Gasteiger partial charge in [-0.1, -0.05) is 20.8 Å². The van der Waals surface area contributed by atoms with Crippen LogP contribution in [0.15, 0.2) is 0 Å². The van der Waals surface area contributed by atoms with Crippen LogP contribution in [-0.2, 0) is 4.79 Å². The highest BCUT2D eigenvalue weighted by Gasteiger charge is 2.14. The molecule has 0 bridgehead atoms. The number of carbonyl (C=O) groups is 1. The first-order valence-electron chi connectivity index (χ1n) is 3.16. The maximum Gasteiger partial charge on any atom is 0.136 e. The monoisotopic (exact) mass is 129 g/mol. The van der Waals surface area contributed by atoms with Gasteiger partial charge in [-0.05, 0) is 11.8 Å². The molecule has 54 valence electrons. The Hall–Kier alpha value is -0.370.